The van der Waals surface area contributed by atoms with Crippen LogP contribution >= 0.6 is 0 Å². The average Bonchev–Trinajstić information content (AvgIpc) is 2.04. The molecule has 0 bridgehead atoms. The molecule has 1 rings (SSSR count). The summed E-state index contributed by atoms with van der Waals surface area (Å²) >= 11 is 0. The van der Waals surface area contributed by atoms with Crippen LogP contribution in [0.1, 0.15) is 44.0 Å². The summed E-state index contributed by atoms with van der Waals surface area (Å²) < 4.78 is 0. The highest BCUT2D eigenvalue weighted by Crippen LogP contribution is 2.15. The van der Waals surface area contributed by atoms with Crippen LogP contribution in [0, 0.1) is 0 Å². The molecule has 1 heterocycles. The van der Waals surface area contributed by atoms with Crippen molar-refractivity contribution in [2.24, 2.45) is 5.73 Å². The van der Waals surface area contributed by atoms with E-state index in [0.717, 1.165) is 11.3 Å². The number of aromatic nitrogens is 1. The highest BCUT2D eigenvalue weighted by atomic mass is 14.7. The smallest absolute Gasteiger partial charge is 0.0432 e. The monoisotopic (exact) mass is 164 g/mol. The molecule has 1 aromatic heterocycles. The molecule has 1 unspecified atom stereocenters. The van der Waals surface area contributed by atoms with Gasteiger partial charge in [-0.15, -0.1) is 0 Å². The van der Waals surface area contributed by atoms with E-state index in [1.807, 2.05) is 19.2 Å². The van der Waals surface area contributed by atoms with E-state index < -0.39 is 0 Å². The van der Waals surface area contributed by atoms with Crippen molar-refractivity contribution >= 4 is 0 Å². The molecule has 0 aromatic carbocycles. The Balaban J connectivity index is 2.96. The highest BCUT2D eigenvalue weighted by Gasteiger charge is 2.03. The average molecular weight is 164 g/mol. The van der Waals surface area contributed by atoms with E-state index in [1.54, 1.807) is 0 Å². The van der Waals surface area contributed by atoms with Crippen molar-refractivity contribution in [3.8, 4) is 0 Å². The van der Waals surface area contributed by atoms with Crippen LogP contribution in [0.5, 0.6) is 0 Å². The van der Waals surface area contributed by atoms with Crippen LogP contribution in [0.15, 0.2) is 18.3 Å². The van der Waals surface area contributed by atoms with Crippen LogP contribution in [0.3, 0.4) is 0 Å². The summed E-state index contributed by atoms with van der Waals surface area (Å²) in [4.78, 5) is 4.27. The second kappa shape index (κ2) is 3.68. The molecule has 0 spiro atoms. The summed E-state index contributed by atoms with van der Waals surface area (Å²) in [6.45, 7) is 6.25. The van der Waals surface area contributed by atoms with Gasteiger partial charge in [0.05, 0.1) is 0 Å². The van der Waals surface area contributed by atoms with Gasteiger partial charge >= 0.3 is 0 Å². The zero-order valence-electron chi connectivity index (χ0n) is 7.91. The predicted octanol–water partition coefficient (Wildman–Crippen LogP) is 2.22. The van der Waals surface area contributed by atoms with Gasteiger partial charge in [-0.05, 0) is 30.5 Å². The molecule has 0 amide bonds. The van der Waals surface area contributed by atoms with Crippen LogP contribution in [0.2, 0.25) is 0 Å². The Labute approximate surface area is 73.8 Å². The zero-order chi connectivity index (χ0) is 9.14. The fraction of sp³-hybridized carbons (Fsp3) is 0.500. The molecule has 2 N–H and O–H groups in total. The van der Waals surface area contributed by atoms with E-state index >= 15 is 0 Å². The number of nitrogens with zero attached hydrogens (tertiary/aromatic N) is 1. The lowest BCUT2D eigenvalue weighted by Gasteiger charge is -2.09. The third-order valence-electron chi connectivity index (χ3n) is 1.92. The second-order valence-corrected chi connectivity index (χ2v) is 3.46. The SMILES string of the molecule is CC(C)c1cc(C(C)N)ccn1. The number of hydrogen-bond acceptors (Lipinski definition) is 2. The summed E-state index contributed by atoms with van der Waals surface area (Å²) in [5, 5.41) is 0. The van der Waals surface area contributed by atoms with Crippen molar-refractivity contribution in [2.45, 2.75) is 32.7 Å². The number of hydrogen-bond donors (Lipinski definition) is 1. The van der Waals surface area contributed by atoms with Crippen molar-refractivity contribution in [1.29, 1.82) is 0 Å². The zero-order valence-corrected chi connectivity index (χ0v) is 7.91. The van der Waals surface area contributed by atoms with E-state index in [2.05, 4.69) is 24.9 Å². The van der Waals surface area contributed by atoms with Crippen molar-refractivity contribution in [2.75, 3.05) is 0 Å². The van der Waals surface area contributed by atoms with Crippen LogP contribution in [-0.2, 0) is 0 Å². The lowest BCUT2D eigenvalue weighted by Crippen LogP contribution is -2.06. The molecule has 0 saturated carbocycles. The van der Waals surface area contributed by atoms with E-state index in [1.165, 1.54) is 0 Å². The molecular formula is C10H16N2. The Bertz CT molecular complexity index is 231. The van der Waals surface area contributed by atoms with E-state index in [9.17, 15) is 0 Å². The fourth-order valence-corrected chi connectivity index (χ4v) is 1.06. The van der Waals surface area contributed by atoms with Crippen LogP contribution in [-0.4, -0.2) is 4.98 Å². The van der Waals surface area contributed by atoms with E-state index in [4.69, 9.17) is 5.73 Å². The molecule has 12 heavy (non-hydrogen) atoms. The molecule has 66 valence electrons. The number of nitrogens with two attached hydrogens (primary N) is 1. The largest absolute Gasteiger partial charge is 0.324 e. The fourth-order valence-electron chi connectivity index (χ4n) is 1.06. The van der Waals surface area contributed by atoms with E-state index in [-0.39, 0.29) is 6.04 Å². The standard InChI is InChI=1S/C10H16N2/c1-7(2)10-6-9(8(3)11)4-5-12-10/h4-8H,11H2,1-3H3. The van der Waals surface area contributed by atoms with Crippen molar-refractivity contribution in [3.63, 3.8) is 0 Å². The molecule has 0 radical (unpaired) electrons. The van der Waals surface area contributed by atoms with Gasteiger partial charge in [0, 0.05) is 17.9 Å². The highest BCUT2D eigenvalue weighted by molar-refractivity contribution is 5.20. The first-order valence-corrected chi connectivity index (χ1v) is 4.32. The Hall–Kier alpha value is -0.890. The Kier molecular flexibility index (Phi) is 2.82. The summed E-state index contributed by atoms with van der Waals surface area (Å²) in [5.74, 6) is 0.476. The van der Waals surface area contributed by atoms with Crippen LogP contribution in [0.4, 0.5) is 0 Å². The summed E-state index contributed by atoms with van der Waals surface area (Å²) in [6, 6.07) is 4.15. The van der Waals surface area contributed by atoms with Gasteiger partial charge in [-0.25, -0.2) is 0 Å². The van der Waals surface area contributed by atoms with Gasteiger partial charge < -0.3 is 5.73 Å². The molecule has 0 aliphatic carbocycles. The first-order chi connectivity index (χ1) is 5.61. The summed E-state index contributed by atoms with van der Waals surface area (Å²) in [6.07, 6.45) is 1.83. The second-order valence-electron chi connectivity index (χ2n) is 3.46. The lowest BCUT2D eigenvalue weighted by atomic mass is 10.0. The van der Waals surface area contributed by atoms with Crippen molar-refractivity contribution < 1.29 is 0 Å². The molecule has 2 heteroatoms. The molecule has 0 aliphatic heterocycles. The quantitative estimate of drug-likeness (QED) is 0.728. The first-order valence-electron chi connectivity index (χ1n) is 4.32. The van der Waals surface area contributed by atoms with Gasteiger partial charge in [0.25, 0.3) is 0 Å². The molecule has 0 saturated heterocycles. The van der Waals surface area contributed by atoms with E-state index in [0.29, 0.717) is 5.92 Å². The van der Waals surface area contributed by atoms with Crippen molar-refractivity contribution in [3.05, 3.63) is 29.6 Å². The van der Waals surface area contributed by atoms with Gasteiger partial charge in [0.2, 0.25) is 0 Å². The maximum atomic E-state index is 5.75. The normalized spacial score (nSPS) is 13.4. The van der Waals surface area contributed by atoms with Gasteiger partial charge in [0.1, 0.15) is 0 Å². The molecule has 0 fully saturated rings. The Morgan fingerprint density at radius 3 is 2.50 bits per heavy atom. The number of rotatable bonds is 2. The molecular weight excluding hydrogens is 148 g/mol. The topological polar surface area (TPSA) is 38.9 Å². The van der Waals surface area contributed by atoms with Gasteiger partial charge in [-0.1, -0.05) is 13.8 Å². The summed E-state index contributed by atoms with van der Waals surface area (Å²) in [5.41, 5.74) is 8.03. The number of pyridine rings is 1. The summed E-state index contributed by atoms with van der Waals surface area (Å²) in [7, 11) is 0. The molecule has 2 nitrogen and oxygen atoms in total. The van der Waals surface area contributed by atoms with Gasteiger partial charge in [0.15, 0.2) is 0 Å². The minimum absolute atomic E-state index is 0.102. The maximum absolute atomic E-state index is 5.75. The molecule has 0 aliphatic rings. The van der Waals surface area contributed by atoms with Crippen molar-refractivity contribution in [1.82, 2.24) is 4.98 Å². The third kappa shape index (κ3) is 2.05. The Morgan fingerprint density at radius 2 is 2.00 bits per heavy atom. The molecule has 1 aromatic rings. The first kappa shape index (κ1) is 9.20. The predicted molar refractivity (Wildman–Crippen MR) is 50.9 cm³/mol. The lowest BCUT2D eigenvalue weighted by molar-refractivity contribution is 0.782. The minimum atomic E-state index is 0.102. The van der Waals surface area contributed by atoms with Gasteiger partial charge in [-0.3, -0.25) is 4.98 Å². The van der Waals surface area contributed by atoms with Gasteiger partial charge in [-0.2, -0.15) is 0 Å². The van der Waals surface area contributed by atoms with Crippen LogP contribution < -0.4 is 5.73 Å². The minimum Gasteiger partial charge on any atom is -0.324 e. The third-order valence-corrected chi connectivity index (χ3v) is 1.92. The molecule has 1 atom stereocenters. The Morgan fingerprint density at radius 1 is 1.33 bits per heavy atom. The maximum Gasteiger partial charge on any atom is 0.0432 e. The van der Waals surface area contributed by atoms with Crippen LogP contribution in [0.25, 0.3) is 0 Å².